The molecular formula is C12H11NO2S. The van der Waals surface area contributed by atoms with Crippen molar-refractivity contribution < 1.29 is 9.53 Å². The lowest BCUT2D eigenvalue weighted by atomic mass is 10.2. The van der Waals surface area contributed by atoms with Crippen LogP contribution < -0.4 is 4.74 Å². The summed E-state index contributed by atoms with van der Waals surface area (Å²) in [7, 11) is 1.63. The van der Waals surface area contributed by atoms with Crippen LogP contribution in [0.5, 0.6) is 5.75 Å². The zero-order chi connectivity index (χ0) is 11.5. The summed E-state index contributed by atoms with van der Waals surface area (Å²) < 4.78 is 5.08. The maximum absolute atomic E-state index is 11.1. The predicted octanol–water partition coefficient (Wildman–Crippen LogP) is 3.02. The van der Waals surface area contributed by atoms with Gasteiger partial charge in [-0.05, 0) is 29.8 Å². The topological polar surface area (TPSA) is 39.2 Å². The van der Waals surface area contributed by atoms with Gasteiger partial charge < -0.3 is 4.74 Å². The number of ketones is 1. The van der Waals surface area contributed by atoms with Crippen molar-refractivity contribution in [2.45, 2.75) is 6.92 Å². The first-order chi connectivity index (χ1) is 7.70. The Morgan fingerprint density at radius 3 is 2.50 bits per heavy atom. The zero-order valence-corrected chi connectivity index (χ0v) is 9.88. The number of ether oxygens (including phenoxy) is 1. The van der Waals surface area contributed by atoms with Crippen LogP contribution in [0.1, 0.15) is 16.7 Å². The second-order valence-electron chi connectivity index (χ2n) is 3.31. The van der Waals surface area contributed by atoms with Crippen LogP contribution in [-0.2, 0) is 0 Å². The number of thiazole rings is 1. The van der Waals surface area contributed by atoms with Crippen LogP contribution in [0.15, 0.2) is 30.5 Å². The van der Waals surface area contributed by atoms with Crippen LogP contribution in [0.25, 0.3) is 10.4 Å². The van der Waals surface area contributed by atoms with Crippen molar-refractivity contribution >= 4 is 17.1 Å². The predicted molar refractivity (Wildman–Crippen MR) is 64.1 cm³/mol. The first kappa shape index (κ1) is 10.8. The number of hydrogen-bond donors (Lipinski definition) is 0. The third kappa shape index (κ3) is 2.12. The van der Waals surface area contributed by atoms with Crippen LogP contribution in [0.2, 0.25) is 0 Å². The first-order valence-corrected chi connectivity index (χ1v) is 5.63. The molecule has 16 heavy (non-hydrogen) atoms. The Morgan fingerprint density at radius 2 is 2.00 bits per heavy atom. The summed E-state index contributed by atoms with van der Waals surface area (Å²) in [5.74, 6) is 0.824. The van der Waals surface area contributed by atoms with E-state index in [2.05, 4.69) is 4.98 Å². The second-order valence-corrected chi connectivity index (χ2v) is 4.35. The number of Topliss-reactive ketones (excluding diaryl/α,β-unsaturated/α-hetero) is 1. The molecule has 2 rings (SSSR count). The molecule has 1 aromatic heterocycles. The van der Waals surface area contributed by atoms with Crippen LogP contribution in [0.3, 0.4) is 0 Å². The van der Waals surface area contributed by atoms with Gasteiger partial charge in [0.2, 0.25) is 0 Å². The van der Waals surface area contributed by atoms with Gasteiger partial charge in [0.05, 0.1) is 12.0 Å². The monoisotopic (exact) mass is 233 g/mol. The van der Waals surface area contributed by atoms with Gasteiger partial charge in [-0.1, -0.05) is 0 Å². The first-order valence-electron chi connectivity index (χ1n) is 4.82. The third-order valence-electron chi connectivity index (χ3n) is 2.18. The Kier molecular flexibility index (Phi) is 3.01. The molecule has 0 atom stereocenters. The Bertz CT molecular complexity index is 502. The van der Waals surface area contributed by atoms with Crippen LogP contribution in [0, 0.1) is 0 Å². The van der Waals surface area contributed by atoms with Crippen LogP contribution in [-0.4, -0.2) is 17.9 Å². The van der Waals surface area contributed by atoms with Crippen LogP contribution in [0.4, 0.5) is 0 Å². The highest BCUT2D eigenvalue weighted by molar-refractivity contribution is 7.16. The molecular weight excluding hydrogens is 222 g/mol. The summed E-state index contributed by atoms with van der Waals surface area (Å²) in [6.45, 7) is 1.52. The number of aromatic nitrogens is 1. The quantitative estimate of drug-likeness (QED) is 0.765. The minimum atomic E-state index is 0.00441. The minimum absolute atomic E-state index is 0.00441. The molecule has 0 amide bonds. The van der Waals surface area contributed by atoms with Crippen molar-refractivity contribution in [3.8, 4) is 16.2 Å². The smallest absolute Gasteiger partial charge is 0.188 e. The zero-order valence-electron chi connectivity index (χ0n) is 9.06. The Morgan fingerprint density at radius 1 is 1.31 bits per heavy atom. The SMILES string of the molecule is COc1ccc(-c2cnc(C(C)=O)s2)cc1. The van der Waals surface area contributed by atoms with E-state index in [-0.39, 0.29) is 5.78 Å². The molecule has 4 heteroatoms. The van der Waals surface area contributed by atoms with E-state index in [1.807, 2.05) is 24.3 Å². The number of hydrogen-bond acceptors (Lipinski definition) is 4. The maximum atomic E-state index is 11.1. The molecule has 0 fully saturated rings. The number of benzene rings is 1. The van der Waals surface area contributed by atoms with Gasteiger partial charge >= 0.3 is 0 Å². The van der Waals surface area contributed by atoms with E-state index in [4.69, 9.17) is 4.74 Å². The highest BCUT2D eigenvalue weighted by Gasteiger charge is 2.07. The van der Waals surface area contributed by atoms with Crippen molar-refractivity contribution in [1.82, 2.24) is 4.98 Å². The molecule has 0 aliphatic rings. The number of carbonyl (C=O) groups excluding carboxylic acids is 1. The Hall–Kier alpha value is -1.68. The van der Waals surface area contributed by atoms with Gasteiger partial charge in [-0.15, -0.1) is 11.3 Å². The van der Waals surface area contributed by atoms with E-state index in [0.29, 0.717) is 5.01 Å². The molecule has 0 unspecified atom stereocenters. The van der Waals surface area contributed by atoms with Gasteiger partial charge in [0.25, 0.3) is 0 Å². The van der Waals surface area contributed by atoms with Gasteiger partial charge in [-0.2, -0.15) is 0 Å². The summed E-state index contributed by atoms with van der Waals surface area (Å²) in [5.41, 5.74) is 1.05. The fourth-order valence-corrected chi connectivity index (χ4v) is 2.14. The Balaban J connectivity index is 2.31. The number of rotatable bonds is 3. The fraction of sp³-hybridized carbons (Fsp3) is 0.167. The van der Waals surface area contributed by atoms with E-state index < -0.39 is 0 Å². The molecule has 0 bridgehead atoms. The normalized spacial score (nSPS) is 10.1. The van der Waals surface area contributed by atoms with E-state index in [9.17, 15) is 4.79 Å². The second kappa shape index (κ2) is 4.45. The van der Waals surface area contributed by atoms with E-state index in [1.165, 1.54) is 18.3 Å². The van der Waals surface area contributed by atoms with Crippen molar-refractivity contribution in [3.63, 3.8) is 0 Å². The van der Waals surface area contributed by atoms with Crippen molar-refractivity contribution in [3.05, 3.63) is 35.5 Å². The lowest BCUT2D eigenvalue weighted by molar-refractivity contribution is 0.101. The molecule has 0 aliphatic heterocycles. The average molecular weight is 233 g/mol. The molecule has 0 spiro atoms. The highest BCUT2D eigenvalue weighted by atomic mass is 32.1. The van der Waals surface area contributed by atoms with Crippen LogP contribution >= 0.6 is 11.3 Å². The highest BCUT2D eigenvalue weighted by Crippen LogP contribution is 2.27. The molecule has 3 nitrogen and oxygen atoms in total. The largest absolute Gasteiger partial charge is 0.497 e. The summed E-state index contributed by atoms with van der Waals surface area (Å²) in [6.07, 6.45) is 1.73. The summed E-state index contributed by atoms with van der Waals surface area (Å²) >= 11 is 1.41. The number of methoxy groups -OCH3 is 1. The molecule has 0 aliphatic carbocycles. The van der Waals surface area contributed by atoms with Gasteiger partial charge in [0.15, 0.2) is 10.8 Å². The molecule has 82 valence electrons. The molecule has 0 radical (unpaired) electrons. The average Bonchev–Trinajstić information content (AvgIpc) is 2.78. The molecule has 1 aromatic carbocycles. The van der Waals surface area contributed by atoms with Gasteiger partial charge in [-0.3, -0.25) is 4.79 Å². The van der Waals surface area contributed by atoms with Crippen molar-refractivity contribution in [2.75, 3.05) is 7.11 Å². The standard InChI is InChI=1S/C12H11NO2S/c1-8(14)12-13-7-11(16-12)9-3-5-10(15-2)6-4-9/h3-7H,1-2H3. The van der Waals surface area contributed by atoms with Crippen molar-refractivity contribution in [1.29, 1.82) is 0 Å². The lowest BCUT2D eigenvalue weighted by Gasteiger charge is -2.00. The molecule has 0 N–H and O–H groups in total. The van der Waals surface area contributed by atoms with Crippen molar-refractivity contribution in [2.24, 2.45) is 0 Å². The molecule has 2 aromatic rings. The maximum Gasteiger partial charge on any atom is 0.188 e. The van der Waals surface area contributed by atoms with E-state index in [0.717, 1.165) is 16.2 Å². The number of nitrogens with zero attached hydrogens (tertiary/aromatic N) is 1. The molecule has 0 saturated carbocycles. The van der Waals surface area contributed by atoms with E-state index >= 15 is 0 Å². The van der Waals surface area contributed by atoms with Gasteiger partial charge in [0.1, 0.15) is 5.75 Å². The van der Waals surface area contributed by atoms with Gasteiger partial charge in [0, 0.05) is 13.1 Å². The summed E-state index contributed by atoms with van der Waals surface area (Å²) in [4.78, 5) is 16.2. The fourth-order valence-electron chi connectivity index (χ4n) is 1.33. The number of carbonyl (C=O) groups is 1. The third-order valence-corrected chi connectivity index (χ3v) is 3.33. The lowest BCUT2D eigenvalue weighted by Crippen LogP contribution is -1.87. The van der Waals surface area contributed by atoms with Gasteiger partial charge in [-0.25, -0.2) is 4.98 Å². The Labute approximate surface area is 97.7 Å². The summed E-state index contributed by atoms with van der Waals surface area (Å²) in [6, 6.07) is 7.69. The molecule has 1 heterocycles. The van der Waals surface area contributed by atoms with E-state index in [1.54, 1.807) is 13.3 Å². The molecule has 0 saturated heterocycles. The minimum Gasteiger partial charge on any atom is -0.497 e. The summed E-state index contributed by atoms with van der Waals surface area (Å²) in [5, 5.41) is 0.547.